The molecule has 0 radical (unpaired) electrons. The molecular formula is C10H9N5. The smallest absolute Gasteiger partial charge is 0.165 e. The molecule has 0 amide bonds. The molecular weight excluding hydrogens is 190 g/mol. The van der Waals surface area contributed by atoms with Crippen LogP contribution in [0.5, 0.6) is 0 Å². The molecule has 0 unspecified atom stereocenters. The van der Waals surface area contributed by atoms with Crippen molar-refractivity contribution in [3.8, 4) is 11.9 Å². The van der Waals surface area contributed by atoms with Crippen LogP contribution in [0.1, 0.15) is 11.3 Å². The molecule has 15 heavy (non-hydrogen) atoms. The number of rotatable bonds is 1. The summed E-state index contributed by atoms with van der Waals surface area (Å²) in [5.41, 5.74) is 7.21. The Bertz CT molecular complexity index is 535. The molecule has 0 bridgehead atoms. The molecule has 0 fully saturated rings. The van der Waals surface area contributed by atoms with E-state index in [1.165, 1.54) is 0 Å². The van der Waals surface area contributed by atoms with Crippen LogP contribution in [-0.4, -0.2) is 14.8 Å². The fourth-order valence-corrected chi connectivity index (χ4v) is 1.21. The van der Waals surface area contributed by atoms with Gasteiger partial charge in [-0.25, -0.2) is 9.67 Å². The average molecular weight is 199 g/mol. The number of nitriles is 1. The van der Waals surface area contributed by atoms with Gasteiger partial charge in [0.1, 0.15) is 6.07 Å². The Balaban J connectivity index is 2.51. The van der Waals surface area contributed by atoms with Crippen LogP contribution in [0.25, 0.3) is 5.82 Å². The van der Waals surface area contributed by atoms with Crippen LogP contribution >= 0.6 is 0 Å². The van der Waals surface area contributed by atoms with Crippen LogP contribution in [-0.2, 0) is 0 Å². The summed E-state index contributed by atoms with van der Waals surface area (Å²) in [7, 11) is 0. The maximum atomic E-state index is 8.77. The van der Waals surface area contributed by atoms with Crippen LogP contribution in [0, 0.1) is 18.3 Å². The van der Waals surface area contributed by atoms with Gasteiger partial charge in [-0.2, -0.15) is 10.4 Å². The highest BCUT2D eigenvalue weighted by Crippen LogP contribution is 2.11. The van der Waals surface area contributed by atoms with Gasteiger partial charge in [0, 0.05) is 6.20 Å². The normalized spacial score (nSPS) is 9.87. The molecule has 0 aliphatic heterocycles. The molecule has 2 N–H and O–H groups in total. The maximum Gasteiger partial charge on any atom is 0.165 e. The van der Waals surface area contributed by atoms with Crippen LogP contribution in [0.3, 0.4) is 0 Å². The van der Waals surface area contributed by atoms with Gasteiger partial charge in [-0.1, -0.05) is 0 Å². The highest BCUT2D eigenvalue weighted by atomic mass is 15.3. The molecule has 74 valence electrons. The summed E-state index contributed by atoms with van der Waals surface area (Å²) in [6.45, 7) is 1.94. The third-order valence-corrected chi connectivity index (χ3v) is 1.96. The van der Waals surface area contributed by atoms with Crippen LogP contribution in [0.4, 0.5) is 5.69 Å². The van der Waals surface area contributed by atoms with Gasteiger partial charge in [0.05, 0.1) is 11.9 Å². The zero-order valence-corrected chi connectivity index (χ0v) is 8.18. The largest absolute Gasteiger partial charge is 0.396 e. The molecule has 0 aromatic carbocycles. The Hall–Kier alpha value is -2.35. The number of hydrogen-bond donors (Lipinski definition) is 1. The van der Waals surface area contributed by atoms with Gasteiger partial charge in [-0.15, -0.1) is 0 Å². The zero-order chi connectivity index (χ0) is 10.8. The average Bonchev–Trinajstić information content (AvgIpc) is 2.66. The topological polar surface area (TPSA) is 80.5 Å². The van der Waals surface area contributed by atoms with E-state index in [-0.39, 0.29) is 5.69 Å². The van der Waals surface area contributed by atoms with E-state index in [2.05, 4.69) is 10.1 Å². The number of nitrogens with zero attached hydrogens (tertiary/aromatic N) is 4. The summed E-state index contributed by atoms with van der Waals surface area (Å²) in [6.07, 6.45) is 3.56. The second-order valence-corrected chi connectivity index (χ2v) is 3.18. The fourth-order valence-electron chi connectivity index (χ4n) is 1.21. The molecule has 0 spiro atoms. The summed E-state index contributed by atoms with van der Waals surface area (Å²) in [5, 5.41) is 12.9. The summed E-state index contributed by atoms with van der Waals surface area (Å²) >= 11 is 0. The molecule has 2 aromatic rings. The molecule has 2 rings (SSSR count). The van der Waals surface area contributed by atoms with Crippen molar-refractivity contribution in [3.05, 3.63) is 35.8 Å². The number of nitrogens with two attached hydrogens (primary N) is 1. The van der Waals surface area contributed by atoms with Crippen molar-refractivity contribution in [2.75, 3.05) is 5.73 Å². The minimum Gasteiger partial charge on any atom is -0.396 e. The minimum atomic E-state index is 0.223. The molecule has 0 saturated carbocycles. The number of aromatic nitrogens is 3. The first-order valence-corrected chi connectivity index (χ1v) is 4.39. The van der Waals surface area contributed by atoms with Crippen molar-refractivity contribution < 1.29 is 0 Å². The van der Waals surface area contributed by atoms with Crippen molar-refractivity contribution >= 4 is 5.69 Å². The van der Waals surface area contributed by atoms with E-state index >= 15 is 0 Å². The van der Waals surface area contributed by atoms with Gasteiger partial charge < -0.3 is 5.73 Å². The van der Waals surface area contributed by atoms with Gasteiger partial charge in [-0.3, -0.25) is 0 Å². The van der Waals surface area contributed by atoms with Crippen LogP contribution < -0.4 is 5.73 Å². The van der Waals surface area contributed by atoms with E-state index in [4.69, 9.17) is 11.0 Å². The number of aryl methyl sites for hydroxylation is 1. The van der Waals surface area contributed by atoms with Crippen molar-refractivity contribution in [1.82, 2.24) is 14.8 Å². The minimum absolute atomic E-state index is 0.223. The zero-order valence-electron chi connectivity index (χ0n) is 8.18. The molecule has 5 nitrogen and oxygen atoms in total. The van der Waals surface area contributed by atoms with E-state index in [0.29, 0.717) is 11.5 Å². The summed E-state index contributed by atoms with van der Waals surface area (Å²) < 4.78 is 1.61. The number of pyridine rings is 1. The van der Waals surface area contributed by atoms with Crippen LogP contribution in [0.15, 0.2) is 24.5 Å². The second kappa shape index (κ2) is 3.42. The third kappa shape index (κ3) is 1.65. The molecule has 0 saturated heterocycles. The van der Waals surface area contributed by atoms with Crippen LogP contribution in [0.2, 0.25) is 0 Å². The SMILES string of the molecule is Cc1cnn(-c2ccc(N)c(C#N)n2)c1. The van der Waals surface area contributed by atoms with Gasteiger partial charge >= 0.3 is 0 Å². The third-order valence-electron chi connectivity index (χ3n) is 1.96. The molecule has 2 heterocycles. The lowest BCUT2D eigenvalue weighted by Gasteiger charge is -2.01. The van der Waals surface area contributed by atoms with E-state index in [1.54, 1.807) is 23.0 Å². The summed E-state index contributed by atoms with van der Waals surface area (Å²) in [5.74, 6) is 0.592. The Morgan fingerprint density at radius 2 is 2.27 bits per heavy atom. The molecule has 0 aliphatic rings. The standard InChI is InChI=1S/C10H9N5/c1-7-5-13-15(6-7)10-3-2-8(12)9(4-11)14-10/h2-3,5-6H,12H2,1H3. The van der Waals surface area contributed by atoms with E-state index in [9.17, 15) is 0 Å². The first-order valence-electron chi connectivity index (χ1n) is 4.39. The Morgan fingerprint density at radius 3 is 2.87 bits per heavy atom. The van der Waals surface area contributed by atoms with Crippen molar-refractivity contribution in [2.45, 2.75) is 6.92 Å². The Kier molecular flexibility index (Phi) is 2.10. The predicted octanol–water partition coefficient (Wildman–Crippen LogP) is 1.03. The van der Waals surface area contributed by atoms with Crippen molar-refractivity contribution in [3.63, 3.8) is 0 Å². The first kappa shape index (κ1) is 9.21. The Morgan fingerprint density at radius 1 is 1.47 bits per heavy atom. The van der Waals surface area contributed by atoms with Gasteiger partial charge in [0.25, 0.3) is 0 Å². The molecule has 5 heteroatoms. The predicted molar refractivity (Wildman–Crippen MR) is 55.2 cm³/mol. The molecule has 2 aromatic heterocycles. The Labute approximate surface area is 86.8 Å². The monoisotopic (exact) mass is 199 g/mol. The quantitative estimate of drug-likeness (QED) is 0.743. The highest BCUT2D eigenvalue weighted by Gasteiger charge is 2.04. The van der Waals surface area contributed by atoms with Gasteiger partial charge in [-0.05, 0) is 24.6 Å². The number of hydrogen-bond acceptors (Lipinski definition) is 4. The lowest BCUT2D eigenvalue weighted by Crippen LogP contribution is -2.01. The fraction of sp³-hybridized carbons (Fsp3) is 0.100. The lowest BCUT2D eigenvalue weighted by molar-refractivity contribution is 0.845. The van der Waals surface area contributed by atoms with Crippen molar-refractivity contribution in [2.24, 2.45) is 0 Å². The second-order valence-electron chi connectivity index (χ2n) is 3.18. The summed E-state index contributed by atoms with van der Waals surface area (Å²) in [4.78, 5) is 4.09. The summed E-state index contributed by atoms with van der Waals surface area (Å²) in [6, 6.07) is 5.31. The molecule has 0 atom stereocenters. The first-order chi connectivity index (χ1) is 7.20. The highest BCUT2D eigenvalue weighted by molar-refractivity contribution is 5.51. The number of anilines is 1. The molecule has 0 aliphatic carbocycles. The van der Waals surface area contributed by atoms with Gasteiger partial charge in [0.15, 0.2) is 11.5 Å². The van der Waals surface area contributed by atoms with E-state index < -0.39 is 0 Å². The van der Waals surface area contributed by atoms with Crippen molar-refractivity contribution in [1.29, 1.82) is 5.26 Å². The lowest BCUT2D eigenvalue weighted by atomic mass is 10.3. The van der Waals surface area contributed by atoms with E-state index in [0.717, 1.165) is 5.56 Å². The van der Waals surface area contributed by atoms with E-state index in [1.807, 2.05) is 19.2 Å². The van der Waals surface area contributed by atoms with Gasteiger partial charge in [0.2, 0.25) is 0 Å². The number of nitrogen functional groups attached to an aromatic ring is 1. The maximum absolute atomic E-state index is 8.77.